The van der Waals surface area contributed by atoms with Gasteiger partial charge in [-0.25, -0.2) is 4.79 Å². The lowest BCUT2D eigenvalue weighted by Crippen LogP contribution is -2.71. The van der Waals surface area contributed by atoms with Crippen LogP contribution in [0.3, 0.4) is 0 Å². The number of hydrogen-bond acceptors (Lipinski definition) is 11. The Morgan fingerprint density at radius 3 is 3.03 bits per heavy atom. The van der Waals surface area contributed by atoms with Gasteiger partial charge >= 0.3 is 5.97 Å². The SMILES string of the molecule is CO/N=C(\C(=O)NC1C(=O)N2C(C(=O)O)=C(CSc3cnn[nH]3)CS[C@H]12)C1=CSCCO1. The minimum absolute atomic E-state index is 0.0512. The highest BCUT2D eigenvalue weighted by Gasteiger charge is 2.54. The van der Waals surface area contributed by atoms with Crippen molar-refractivity contribution >= 4 is 58.8 Å². The van der Waals surface area contributed by atoms with Gasteiger partial charge in [-0.3, -0.25) is 19.6 Å². The Morgan fingerprint density at radius 2 is 2.38 bits per heavy atom. The third kappa shape index (κ3) is 4.45. The van der Waals surface area contributed by atoms with E-state index in [2.05, 4.69) is 25.9 Å². The molecule has 32 heavy (non-hydrogen) atoms. The van der Waals surface area contributed by atoms with Crippen LogP contribution in [0.5, 0.6) is 0 Å². The van der Waals surface area contributed by atoms with E-state index >= 15 is 0 Å². The summed E-state index contributed by atoms with van der Waals surface area (Å²) >= 11 is 4.21. The van der Waals surface area contributed by atoms with E-state index in [0.29, 0.717) is 28.7 Å². The molecule has 1 saturated heterocycles. The van der Waals surface area contributed by atoms with E-state index in [-0.39, 0.29) is 17.2 Å². The molecule has 0 aromatic carbocycles. The fourth-order valence-electron chi connectivity index (χ4n) is 3.21. The molecule has 2 amide bonds. The number of carbonyl (C=O) groups excluding carboxylic acids is 2. The quantitative estimate of drug-likeness (QED) is 0.195. The number of aliphatic carboxylic acids is 1. The molecule has 1 unspecified atom stereocenters. The van der Waals surface area contributed by atoms with E-state index in [1.807, 2.05) is 0 Å². The summed E-state index contributed by atoms with van der Waals surface area (Å²) in [6, 6.07) is -0.883. The van der Waals surface area contributed by atoms with Crippen molar-refractivity contribution in [1.29, 1.82) is 0 Å². The Bertz CT molecular complexity index is 1010. The van der Waals surface area contributed by atoms with Crippen molar-refractivity contribution in [3.8, 4) is 0 Å². The van der Waals surface area contributed by atoms with E-state index in [9.17, 15) is 19.5 Å². The lowest BCUT2D eigenvalue weighted by molar-refractivity contribution is -0.150. The summed E-state index contributed by atoms with van der Waals surface area (Å²) < 4.78 is 5.47. The predicted octanol–water partition coefficient (Wildman–Crippen LogP) is 0.243. The number of oxime groups is 1. The summed E-state index contributed by atoms with van der Waals surface area (Å²) in [6.45, 7) is 0.420. The molecule has 4 rings (SSSR count). The Kier molecular flexibility index (Phi) is 6.95. The van der Waals surface area contributed by atoms with Gasteiger partial charge in [-0.1, -0.05) is 10.4 Å². The molecule has 170 valence electrons. The van der Waals surface area contributed by atoms with Crippen LogP contribution in [-0.4, -0.2) is 91.3 Å². The van der Waals surface area contributed by atoms with Crippen molar-refractivity contribution in [1.82, 2.24) is 25.6 Å². The molecule has 1 aromatic heterocycles. The molecule has 2 atom stereocenters. The van der Waals surface area contributed by atoms with Crippen LogP contribution < -0.4 is 5.32 Å². The van der Waals surface area contributed by atoms with Gasteiger partial charge in [-0.2, -0.15) is 0 Å². The largest absolute Gasteiger partial charge is 0.490 e. The average molecular weight is 499 g/mol. The van der Waals surface area contributed by atoms with E-state index in [4.69, 9.17) is 9.57 Å². The number of amides is 2. The predicted molar refractivity (Wildman–Crippen MR) is 118 cm³/mol. The molecule has 15 heteroatoms. The number of thioether (sulfide) groups is 3. The number of β-lactam (4-membered cyclic amide) rings is 1. The summed E-state index contributed by atoms with van der Waals surface area (Å²) in [6.07, 6.45) is 1.54. The molecule has 0 radical (unpaired) electrons. The average Bonchev–Trinajstić information content (AvgIpc) is 3.33. The summed E-state index contributed by atoms with van der Waals surface area (Å²) in [5.74, 6) is -0.537. The number of H-pyrrole nitrogens is 1. The van der Waals surface area contributed by atoms with Crippen molar-refractivity contribution in [3.63, 3.8) is 0 Å². The lowest BCUT2D eigenvalue weighted by Gasteiger charge is -2.49. The second-order valence-corrected chi connectivity index (χ2v) is 9.65. The number of nitrogens with zero attached hydrogens (tertiary/aromatic N) is 4. The number of rotatable bonds is 8. The van der Waals surface area contributed by atoms with Gasteiger partial charge in [0, 0.05) is 22.7 Å². The maximum Gasteiger partial charge on any atom is 0.352 e. The van der Waals surface area contributed by atoms with Crippen molar-refractivity contribution in [2.45, 2.75) is 16.4 Å². The fraction of sp³-hybridized carbons (Fsp3) is 0.412. The first-order chi connectivity index (χ1) is 15.5. The number of ether oxygens (including phenoxy) is 1. The van der Waals surface area contributed by atoms with E-state index in [0.717, 1.165) is 5.75 Å². The molecule has 1 aromatic rings. The maximum atomic E-state index is 12.8. The number of hydrogen-bond donors (Lipinski definition) is 3. The Balaban J connectivity index is 1.47. The maximum absolute atomic E-state index is 12.8. The van der Waals surface area contributed by atoms with Gasteiger partial charge in [-0.15, -0.1) is 40.4 Å². The molecule has 3 aliphatic heterocycles. The third-order valence-corrected chi connectivity index (χ3v) is 7.73. The minimum atomic E-state index is -1.19. The van der Waals surface area contributed by atoms with Crippen molar-refractivity contribution in [3.05, 3.63) is 28.6 Å². The number of fused-ring (bicyclic) bond motifs is 1. The third-order valence-electron chi connectivity index (χ3n) is 4.61. The minimum Gasteiger partial charge on any atom is -0.490 e. The Morgan fingerprint density at radius 1 is 1.53 bits per heavy atom. The number of carbonyl (C=O) groups is 3. The number of carboxylic acids is 1. The first kappa shape index (κ1) is 22.5. The normalized spacial score (nSPS) is 23.0. The van der Waals surface area contributed by atoms with Crippen LogP contribution in [0.4, 0.5) is 0 Å². The Labute approximate surface area is 194 Å². The summed E-state index contributed by atoms with van der Waals surface area (Å²) in [7, 11) is 1.31. The number of aromatic nitrogens is 3. The number of aromatic amines is 1. The highest BCUT2D eigenvalue weighted by molar-refractivity contribution is 8.02. The number of nitrogens with one attached hydrogen (secondary N) is 2. The summed E-state index contributed by atoms with van der Waals surface area (Å²) in [5, 5.41) is 28.0. The topological polar surface area (TPSA) is 159 Å². The Hall–Kier alpha value is -2.65. The van der Waals surface area contributed by atoms with Crippen LogP contribution in [0, 0.1) is 0 Å². The van der Waals surface area contributed by atoms with Crippen LogP contribution >= 0.6 is 35.3 Å². The zero-order valence-corrected chi connectivity index (χ0v) is 19.1. The smallest absolute Gasteiger partial charge is 0.352 e. The second kappa shape index (κ2) is 9.87. The van der Waals surface area contributed by atoms with Gasteiger partial charge in [0.2, 0.25) is 5.71 Å². The van der Waals surface area contributed by atoms with Crippen molar-refractivity contribution in [2.75, 3.05) is 31.0 Å². The zero-order chi connectivity index (χ0) is 22.7. The van der Waals surface area contributed by atoms with Crippen LogP contribution in [0.2, 0.25) is 0 Å². The first-order valence-electron chi connectivity index (χ1n) is 9.27. The summed E-state index contributed by atoms with van der Waals surface area (Å²) in [4.78, 5) is 43.5. The molecule has 0 bridgehead atoms. The van der Waals surface area contributed by atoms with Gasteiger partial charge in [-0.05, 0) is 5.57 Å². The highest BCUT2D eigenvalue weighted by Crippen LogP contribution is 2.41. The molecule has 1 fully saturated rings. The highest BCUT2D eigenvalue weighted by atomic mass is 32.2. The molecule has 3 aliphatic rings. The monoisotopic (exact) mass is 498 g/mol. The summed E-state index contributed by atoms with van der Waals surface area (Å²) in [5.41, 5.74) is 0.478. The lowest BCUT2D eigenvalue weighted by atomic mass is 10.0. The standard InChI is InChI=1S/C17H18N6O6S3/c1-28-21-11(9-7-30-3-2-29-9)14(24)19-12-15(25)23-13(17(26)27)8(6-32-16(12)23)5-31-10-4-18-22-20-10/h4,7,12,16H,2-3,5-6H2,1H3,(H,19,24)(H,26,27)(H,18,20,22)/b21-11-/t12?,16-/m1/s1. The van der Waals surface area contributed by atoms with Gasteiger partial charge in [0.25, 0.3) is 11.8 Å². The molecule has 0 saturated carbocycles. The number of carboxylic acid groups (broad SMARTS) is 1. The van der Waals surface area contributed by atoms with E-state index in [1.54, 1.807) is 5.41 Å². The van der Waals surface area contributed by atoms with Gasteiger partial charge in [0.05, 0.1) is 12.8 Å². The zero-order valence-electron chi connectivity index (χ0n) is 16.6. The van der Waals surface area contributed by atoms with Crippen LogP contribution in [-0.2, 0) is 24.0 Å². The van der Waals surface area contributed by atoms with Crippen molar-refractivity contribution in [2.24, 2.45) is 5.16 Å². The van der Waals surface area contributed by atoms with Gasteiger partial charge in [0.1, 0.15) is 29.2 Å². The molecule has 0 spiro atoms. The van der Waals surface area contributed by atoms with Crippen LogP contribution in [0.1, 0.15) is 0 Å². The fourth-order valence-corrected chi connectivity index (χ4v) is 6.11. The molecule has 3 N–H and O–H groups in total. The molecular weight excluding hydrogens is 480 g/mol. The first-order valence-corrected chi connectivity index (χ1v) is 12.4. The van der Waals surface area contributed by atoms with Crippen LogP contribution in [0.25, 0.3) is 0 Å². The molecule has 0 aliphatic carbocycles. The molecular formula is C17H18N6O6S3. The van der Waals surface area contributed by atoms with E-state index in [1.165, 1.54) is 53.5 Å². The second-order valence-electron chi connectivity index (χ2n) is 6.55. The molecule has 12 nitrogen and oxygen atoms in total. The molecule has 4 heterocycles. The van der Waals surface area contributed by atoms with Crippen LogP contribution in [0.15, 0.2) is 38.8 Å². The van der Waals surface area contributed by atoms with E-state index < -0.39 is 29.2 Å². The van der Waals surface area contributed by atoms with Gasteiger partial charge < -0.3 is 20.0 Å². The van der Waals surface area contributed by atoms with Crippen molar-refractivity contribution < 1.29 is 29.1 Å². The van der Waals surface area contributed by atoms with Gasteiger partial charge in [0.15, 0.2) is 5.76 Å².